The smallest absolute Gasteiger partial charge is 0.291 e. The van der Waals surface area contributed by atoms with Crippen LogP contribution < -0.4 is 24.8 Å². The number of thiazole rings is 1. The van der Waals surface area contributed by atoms with E-state index in [1.807, 2.05) is 24.3 Å². The van der Waals surface area contributed by atoms with Crippen molar-refractivity contribution in [3.63, 3.8) is 0 Å². The lowest BCUT2D eigenvalue weighted by atomic mass is 10.1. The molecule has 9 nitrogen and oxygen atoms in total. The van der Waals surface area contributed by atoms with Crippen LogP contribution in [0.1, 0.15) is 25.3 Å². The van der Waals surface area contributed by atoms with Crippen LogP contribution in [0.2, 0.25) is 0 Å². The second-order valence-corrected chi connectivity index (χ2v) is 8.73. The van der Waals surface area contributed by atoms with Crippen molar-refractivity contribution in [1.82, 2.24) is 14.6 Å². The first-order valence-electron chi connectivity index (χ1n) is 10.8. The number of carbonyl (C=O) groups is 2. The van der Waals surface area contributed by atoms with E-state index in [9.17, 15) is 19.5 Å². The average molecular weight is 476 g/mol. The lowest BCUT2D eigenvalue weighted by molar-refractivity contribution is -0.303. The number of nitrogens with zero attached hydrogens (tertiary/aromatic N) is 4. The van der Waals surface area contributed by atoms with Gasteiger partial charge in [0.1, 0.15) is 10.3 Å². The number of aliphatic carboxylic acids is 1. The zero-order valence-electron chi connectivity index (χ0n) is 18.2. The summed E-state index contributed by atoms with van der Waals surface area (Å²) >= 11 is 1.05. The number of unbranched alkanes of at least 4 members (excludes halogenated alkanes) is 1. The zero-order valence-corrected chi connectivity index (χ0v) is 19.0. The molecule has 0 saturated carbocycles. The Labute approximate surface area is 197 Å². The highest BCUT2D eigenvalue weighted by Crippen LogP contribution is 2.34. The molecule has 0 atom stereocenters. The summed E-state index contributed by atoms with van der Waals surface area (Å²) in [6.07, 6.45) is 2.03. The monoisotopic (exact) mass is 475 g/mol. The molecule has 2 aromatic carbocycles. The van der Waals surface area contributed by atoms with E-state index >= 15 is 0 Å². The molecule has 0 N–H and O–H groups in total. The van der Waals surface area contributed by atoms with E-state index in [1.165, 1.54) is 4.52 Å². The molecule has 0 unspecified atom stereocenters. The molecule has 172 valence electrons. The van der Waals surface area contributed by atoms with Crippen LogP contribution >= 0.6 is 11.3 Å². The quantitative estimate of drug-likeness (QED) is 0.366. The van der Waals surface area contributed by atoms with Crippen LogP contribution in [0.4, 0.5) is 5.69 Å². The highest BCUT2D eigenvalue weighted by Gasteiger charge is 2.34. The van der Waals surface area contributed by atoms with Gasteiger partial charge in [-0.05, 0) is 36.8 Å². The molecule has 1 aliphatic heterocycles. The molecule has 0 spiro atoms. The number of benzene rings is 2. The van der Waals surface area contributed by atoms with Crippen molar-refractivity contribution in [3.8, 4) is 17.1 Å². The van der Waals surface area contributed by atoms with E-state index in [-0.39, 0.29) is 10.1 Å². The van der Waals surface area contributed by atoms with Crippen LogP contribution in [0, 0.1) is 0 Å². The van der Waals surface area contributed by atoms with Crippen molar-refractivity contribution >= 4 is 39.4 Å². The second kappa shape index (κ2) is 8.71. The van der Waals surface area contributed by atoms with Crippen LogP contribution in [0.5, 0.6) is 5.75 Å². The number of aromatic nitrogens is 3. The Morgan fingerprint density at radius 2 is 1.88 bits per heavy atom. The molecule has 2 aromatic heterocycles. The van der Waals surface area contributed by atoms with Crippen LogP contribution in [0.15, 0.2) is 53.3 Å². The molecule has 10 heteroatoms. The molecular weight excluding hydrogens is 456 g/mol. The van der Waals surface area contributed by atoms with E-state index in [0.717, 1.165) is 40.4 Å². The summed E-state index contributed by atoms with van der Waals surface area (Å²) in [5.41, 5.74) is 1.32. The van der Waals surface area contributed by atoms with Gasteiger partial charge in [-0.3, -0.25) is 9.59 Å². The van der Waals surface area contributed by atoms with Crippen LogP contribution in [0.3, 0.4) is 0 Å². The molecule has 4 aromatic rings. The summed E-state index contributed by atoms with van der Waals surface area (Å²) in [7, 11) is 0. The zero-order chi connectivity index (χ0) is 23.8. The molecule has 3 heterocycles. The normalized spacial score (nSPS) is 14.6. The highest BCUT2D eigenvalue weighted by molar-refractivity contribution is 7.15. The van der Waals surface area contributed by atoms with Crippen LogP contribution in [-0.2, 0) is 9.59 Å². The highest BCUT2D eigenvalue weighted by atomic mass is 32.1. The van der Waals surface area contributed by atoms with E-state index in [2.05, 4.69) is 17.0 Å². The Bertz CT molecular complexity index is 1520. The lowest BCUT2D eigenvalue weighted by Crippen LogP contribution is -2.40. The van der Waals surface area contributed by atoms with E-state index in [1.54, 1.807) is 24.3 Å². The Hall–Kier alpha value is -4.05. The average Bonchev–Trinajstić information content (AvgIpc) is 3.46. The van der Waals surface area contributed by atoms with Crippen molar-refractivity contribution in [2.75, 3.05) is 18.1 Å². The molecule has 0 aliphatic carbocycles. The van der Waals surface area contributed by atoms with E-state index in [0.29, 0.717) is 28.6 Å². The minimum absolute atomic E-state index is 0.147. The molecular formula is C24H19N4O5S-. The van der Waals surface area contributed by atoms with Gasteiger partial charge in [-0.1, -0.05) is 42.9 Å². The molecule has 1 aliphatic rings. The van der Waals surface area contributed by atoms with Gasteiger partial charge >= 0.3 is 0 Å². The molecule has 0 saturated heterocycles. The fourth-order valence-corrected chi connectivity index (χ4v) is 4.83. The SMILES string of the molecule is CCCCOc1ccc(-c2nc3s/c(=C4\C(=O)N(CC(=O)[O-])c5ccccc54)c(=O)n3n2)cc1. The number of hydrogen-bond acceptors (Lipinski definition) is 8. The first-order valence-corrected chi connectivity index (χ1v) is 11.6. The number of para-hydroxylation sites is 1. The van der Waals surface area contributed by atoms with E-state index in [4.69, 9.17) is 4.74 Å². The van der Waals surface area contributed by atoms with Crippen molar-refractivity contribution in [3.05, 3.63) is 69.0 Å². The fraction of sp³-hybridized carbons (Fsp3) is 0.208. The largest absolute Gasteiger partial charge is 0.548 e. The number of fused-ring (bicyclic) bond motifs is 2. The van der Waals surface area contributed by atoms with Gasteiger partial charge in [0.2, 0.25) is 4.96 Å². The van der Waals surface area contributed by atoms with E-state index < -0.39 is 24.0 Å². The number of carboxylic acid groups (broad SMARTS) is 1. The fourth-order valence-electron chi connectivity index (χ4n) is 3.83. The number of rotatable bonds is 7. The molecule has 34 heavy (non-hydrogen) atoms. The molecule has 0 fully saturated rings. The third-order valence-corrected chi connectivity index (χ3v) is 6.50. The maximum Gasteiger partial charge on any atom is 0.291 e. The summed E-state index contributed by atoms with van der Waals surface area (Å²) in [5, 5.41) is 15.5. The molecule has 5 rings (SSSR count). The van der Waals surface area contributed by atoms with Gasteiger partial charge in [0.25, 0.3) is 11.5 Å². The number of amides is 1. The summed E-state index contributed by atoms with van der Waals surface area (Å²) in [6.45, 7) is 2.15. The first kappa shape index (κ1) is 21.8. The number of ether oxygens (including phenoxy) is 1. The van der Waals surface area contributed by atoms with Crippen molar-refractivity contribution in [2.24, 2.45) is 0 Å². The maximum absolute atomic E-state index is 13.2. The van der Waals surface area contributed by atoms with Gasteiger partial charge < -0.3 is 19.5 Å². The van der Waals surface area contributed by atoms with Crippen molar-refractivity contribution < 1.29 is 19.4 Å². The Morgan fingerprint density at radius 1 is 1.12 bits per heavy atom. The van der Waals surface area contributed by atoms with Gasteiger partial charge in [-0.2, -0.15) is 9.50 Å². The summed E-state index contributed by atoms with van der Waals surface area (Å²) < 4.78 is 7.01. The van der Waals surface area contributed by atoms with Crippen molar-refractivity contribution in [1.29, 1.82) is 0 Å². The van der Waals surface area contributed by atoms with Crippen LogP contribution in [-0.4, -0.2) is 39.6 Å². The standard InChI is InChI=1S/C24H20N4O5S/c1-2-3-12-33-15-10-8-14(9-11-15)21-25-24-28(26-21)23(32)20(34-24)19-16-6-4-5-7-17(16)27(22(19)31)13-18(29)30/h4-11H,2-3,12-13H2,1H3,(H,29,30)/p-1/b20-19-. The van der Waals surface area contributed by atoms with Gasteiger partial charge in [0, 0.05) is 11.1 Å². The number of hydrogen-bond donors (Lipinski definition) is 0. The second-order valence-electron chi connectivity index (χ2n) is 7.75. The molecule has 0 bridgehead atoms. The Morgan fingerprint density at radius 3 is 2.59 bits per heavy atom. The van der Waals surface area contributed by atoms with Crippen molar-refractivity contribution in [2.45, 2.75) is 19.8 Å². The van der Waals surface area contributed by atoms with Gasteiger partial charge in [-0.25, -0.2) is 0 Å². The Balaban J connectivity index is 1.54. The summed E-state index contributed by atoms with van der Waals surface area (Å²) in [5.74, 6) is -0.815. The van der Waals surface area contributed by atoms with Crippen LogP contribution in [0.25, 0.3) is 21.9 Å². The minimum atomic E-state index is -1.39. The lowest BCUT2D eigenvalue weighted by Gasteiger charge is -2.17. The van der Waals surface area contributed by atoms with Gasteiger partial charge in [0.15, 0.2) is 5.82 Å². The predicted molar refractivity (Wildman–Crippen MR) is 125 cm³/mol. The van der Waals surface area contributed by atoms with Gasteiger partial charge in [-0.15, -0.1) is 5.10 Å². The minimum Gasteiger partial charge on any atom is -0.548 e. The molecule has 0 radical (unpaired) electrons. The first-order chi connectivity index (χ1) is 16.5. The Kier molecular flexibility index (Phi) is 5.58. The molecule has 1 amide bonds. The third-order valence-electron chi connectivity index (χ3n) is 5.47. The predicted octanol–water partition coefficient (Wildman–Crippen LogP) is 1.01. The maximum atomic E-state index is 13.2. The number of carbonyl (C=O) groups excluding carboxylic acids is 2. The van der Waals surface area contributed by atoms with Gasteiger partial charge in [0.05, 0.1) is 30.4 Å². The number of anilines is 1. The number of carboxylic acids is 1. The topological polar surface area (TPSA) is 117 Å². The third kappa shape index (κ3) is 3.71. The summed E-state index contributed by atoms with van der Waals surface area (Å²) in [6, 6.07) is 14.1. The summed E-state index contributed by atoms with van der Waals surface area (Å²) in [4.78, 5) is 43.3.